The molecule has 3 N–H and O–H groups in total. The normalized spacial score (nSPS) is 11.8. The lowest BCUT2D eigenvalue weighted by atomic mass is 10.3. The molecule has 0 aromatic carbocycles. The monoisotopic (exact) mass is 369 g/mol. The second-order valence-electron chi connectivity index (χ2n) is 5.76. The summed E-state index contributed by atoms with van der Waals surface area (Å²) in [5.74, 6) is 1.00. The number of hydrogen-bond donors (Lipinski definition) is 3. The van der Waals surface area contributed by atoms with Crippen LogP contribution in [-0.4, -0.2) is 32.6 Å². The van der Waals surface area contributed by atoms with Crippen LogP contribution >= 0.6 is 11.3 Å². The number of aliphatic hydroxyl groups is 1. The Labute approximate surface area is 155 Å². The second-order valence-corrected chi connectivity index (χ2v) is 6.82. The van der Waals surface area contributed by atoms with Crippen LogP contribution in [0.15, 0.2) is 42.7 Å². The molecule has 3 rings (SSSR count). The van der Waals surface area contributed by atoms with E-state index in [1.807, 2.05) is 44.2 Å². The number of rotatable bonds is 6. The number of nitrogens with one attached hydrogen (secondary N) is 2. The minimum Gasteiger partial charge on any atom is -0.387 e. The summed E-state index contributed by atoms with van der Waals surface area (Å²) in [7, 11) is 0. The largest absolute Gasteiger partial charge is 0.387 e. The molecule has 26 heavy (non-hydrogen) atoms. The molecule has 3 heterocycles. The predicted octanol–water partition coefficient (Wildman–Crippen LogP) is 2.82. The Bertz CT molecular complexity index is 912. The molecule has 0 radical (unpaired) electrons. The van der Waals surface area contributed by atoms with Crippen molar-refractivity contribution in [3.8, 4) is 10.6 Å². The van der Waals surface area contributed by atoms with Crippen LogP contribution in [0.4, 0.5) is 11.6 Å². The fourth-order valence-electron chi connectivity index (χ4n) is 2.33. The fraction of sp³-hybridized carbons (Fsp3) is 0.222. The first-order chi connectivity index (χ1) is 12.5. The Morgan fingerprint density at radius 2 is 2.12 bits per heavy atom. The van der Waals surface area contributed by atoms with Crippen molar-refractivity contribution >= 4 is 28.9 Å². The number of nitrogens with zero attached hydrogens (tertiary/aromatic N) is 3. The maximum absolute atomic E-state index is 11.3. The average molecular weight is 369 g/mol. The van der Waals surface area contributed by atoms with Gasteiger partial charge in [-0.3, -0.25) is 4.79 Å². The molecule has 0 fully saturated rings. The molecule has 7 nitrogen and oxygen atoms in total. The van der Waals surface area contributed by atoms with Gasteiger partial charge in [0.05, 0.1) is 16.6 Å². The van der Waals surface area contributed by atoms with Crippen molar-refractivity contribution < 1.29 is 9.90 Å². The van der Waals surface area contributed by atoms with Crippen molar-refractivity contribution in [1.29, 1.82) is 0 Å². The van der Waals surface area contributed by atoms with Crippen LogP contribution in [0.1, 0.15) is 23.5 Å². The van der Waals surface area contributed by atoms with Crippen molar-refractivity contribution in [3.05, 3.63) is 53.3 Å². The highest BCUT2D eigenvalue weighted by Gasteiger charge is 2.14. The van der Waals surface area contributed by atoms with Crippen LogP contribution < -0.4 is 10.6 Å². The molecule has 8 heteroatoms. The van der Waals surface area contributed by atoms with E-state index in [4.69, 9.17) is 5.11 Å². The summed E-state index contributed by atoms with van der Waals surface area (Å²) in [5, 5.41) is 15.5. The topological polar surface area (TPSA) is 100 Å². The van der Waals surface area contributed by atoms with Gasteiger partial charge in [-0.05, 0) is 43.7 Å². The number of thiazole rings is 1. The molecule has 1 unspecified atom stereocenters. The van der Waals surface area contributed by atoms with Crippen molar-refractivity contribution in [2.45, 2.75) is 19.9 Å². The first-order valence-electron chi connectivity index (χ1n) is 8.08. The van der Waals surface area contributed by atoms with Gasteiger partial charge in [0.25, 0.3) is 0 Å². The third-order valence-electron chi connectivity index (χ3n) is 3.59. The minimum absolute atomic E-state index is 0.272. The highest BCUT2D eigenvalue weighted by Crippen LogP contribution is 2.29. The van der Waals surface area contributed by atoms with E-state index in [9.17, 15) is 4.79 Å². The summed E-state index contributed by atoms with van der Waals surface area (Å²) >= 11 is 1.45. The van der Waals surface area contributed by atoms with E-state index in [2.05, 4.69) is 25.6 Å². The molecule has 0 aliphatic carbocycles. The van der Waals surface area contributed by atoms with Crippen LogP contribution in [0, 0.1) is 6.92 Å². The van der Waals surface area contributed by atoms with Crippen LogP contribution in [0.2, 0.25) is 0 Å². The van der Waals surface area contributed by atoms with Crippen LogP contribution in [-0.2, 0) is 4.79 Å². The van der Waals surface area contributed by atoms with Crippen LogP contribution in [0.25, 0.3) is 10.6 Å². The van der Waals surface area contributed by atoms with Gasteiger partial charge in [-0.2, -0.15) is 0 Å². The summed E-state index contributed by atoms with van der Waals surface area (Å²) in [6, 6.07) is 9.31. The molecule has 0 spiro atoms. The van der Waals surface area contributed by atoms with Crippen molar-refractivity contribution in [3.63, 3.8) is 0 Å². The molecule has 134 valence electrons. The van der Waals surface area contributed by atoms with Gasteiger partial charge in [0.2, 0.25) is 5.91 Å². The van der Waals surface area contributed by atoms with Gasteiger partial charge in [-0.25, -0.2) is 15.0 Å². The van der Waals surface area contributed by atoms with E-state index >= 15 is 0 Å². The van der Waals surface area contributed by atoms with Gasteiger partial charge >= 0.3 is 0 Å². The number of hydrogen-bond acceptors (Lipinski definition) is 7. The number of aromatic nitrogens is 3. The molecule has 0 aliphatic rings. The van der Waals surface area contributed by atoms with E-state index in [1.54, 1.807) is 12.4 Å². The van der Waals surface area contributed by atoms with E-state index in [0.29, 0.717) is 5.82 Å². The van der Waals surface area contributed by atoms with Crippen LogP contribution in [0.3, 0.4) is 0 Å². The molecule has 0 saturated heterocycles. The minimum atomic E-state index is -0.537. The third-order valence-corrected chi connectivity index (χ3v) is 4.79. The molecule has 3 aromatic rings. The highest BCUT2D eigenvalue weighted by molar-refractivity contribution is 7.15. The van der Waals surface area contributed by atoms with Crippen LogP contribution in [0.5, 0.6) is 0 Å². The fourth-order valence-corrected chi connectivity index (χ4v) is 3.22. The first kappa shape index (κ1) is 18.0. The summed E-state index contributed by atoms with van der Waals surface area (Å²) < 4.78 is 0. The Balaban J connectivity index is 1.77. The van der Waals surface area contributed by atoms with Gasteiger partial charge in [0, 0.05) is 12.4 Å². The molecule has 1 amide bonds. The highest BCUT2D eigenvalue weighted by atomic mass is 32.1. The third kappa shape index (κ3) is 4.41. The SMILES string of the molecule is Cc1ccnc(Nc2cccc(-c3cnc(C(C)NC(=O)CO)s3)n2)c1. The lowest BCUT2D eigenvalue weighted by molar-refractivity contribution is -0.124. The van der Waals surface area contributed by atoms with Gasteiger partial charge in [0.1, 0.15) is 23.3 Å². The lowest BCUT2D eigenvalue weighted by Gasteiger charge is -2.09. The van der Waals surface area contributed by atoms with Gasteiger partial charge < -0.3 is 15.7 Å². The summed E-state index contributed by atoms with van der Waals surface area (Å²) in [6.07, 6.45) is 3.48. The molecule has 0 bridgehead atoms. The number of anilines is 2. The van der Waals surface area contributed by atoms with Crippen molar-refractivity contribution in [2.75, 3.05) is 11.9 Å². The average Bonchev–Trinajstić information content (AvgIpc) is 3.12. The lowest BCUT2D eigenvalue weighted by Crippen LogP contribution is -2.28. The number of aryl methyl sites for hydroxylation is 1. The Hall–Kier alpha value is -2.84. The van der Waals surface area contributed by atoms with E-state index in [0.717, 1.165) is 27.0 Å². The summed E-state index contributed by atoms with van der Waals surface area (Å²) in [5.41, 5.74) is 1.90. The molecule has 0 aliphatic heterocycles. The van der Waals surface area contributed by atoms with E-state index < -0.39 is 12.5 Å². The Morgan fingerprint density at radius 1 is 1.27 bits per heavy atom. The smallest absolute Gasteiger partial charge is 0.246 e. The zero-order valence-corrected chi connectivity index (χ0v) is 15.2. The number of pyridine rings is 2. The van der Waals surface area contributed by atoms with E-state index in [-0.39, 0.29) is 6.04 Å². The molecule has 3 aromatic heterocycles. The van der Waals surface area contributed by atoms with Gasteiger partial charge in [0.15, 0.2) is 0 Å². The number of carbonyl (C=O) groups excluding carboxylic acids is 1. The standard InChI is InChI=1S/C18H19N5O2S/c1-11-6-7-19-16(8-11)23-15-5-3-4-13(22-15)14-9-20-18(26-14)12(2)21-17(25)10-24/h3-9,12,24H,10H2,1-2H3,(H,21,25)(H,19,22,23). The zero-order valence-electron chi connectivity index (χ0n) is 14.4. The Kier molecular flexibility index (Phi) is 5.55. The number of carbonyl (C=O) groups is 1. The molecular formula is C18H19N5O2S. The first-order valence-corrected chi connectivity index (χ1v) is 8.90. The van der Waals surface area contributed by atoms with Crippen molar-refractivity contribution in [2.24, 2.45) is 0 Å². The van der Waals surface area contributed by atoms with Gasteiger partial charge in [-0.15, -0.1) is 11.3 Å². The quantitative estimate of drug-likeness (QED) is 0.618. The predicted molar refractivity (Wildman–Crippen MR) is 101 cm³/mol. The Morgan fingerprint density at radius 3 is 2.88 bits per heavy atom. The number of aliphatic hydroxyl groups excluding tert-OH is 1. The second kappa shape index (κ2) is 8.03. The van der Waals surface area contributed by atoms with E-state index in [1.165, 1.54) is 11.3 Å². The molecule has 0 saturated carbocycles. The molecule has 1 atom stereocenters. The van der Waals surface area contributed by atoms with Crippen molar-refractivity contribution in [1.82, 2.24) is 20.3 Å². The maximum atomic E-state index is 11.3. The van der Waals surface area contributed by atoms with Gasteiger partial charge in [-0.1, -0.05) is 6.07 Å². The molecular weight excluding hydrogens is 350 g/mol. The zero-order chi connectivity index (χ0) is 18.5. The summed E-state index contributed by atoms with van der Waals surface area (Å²) in [6.45, 7) is 3.29. The maximum Gasteiger partial charge on any atom is 0.246 e. The number of amides is 1. The summed E-state index contributed by atoms with van der Waals surface area (Å²) in [4.78, 5) is 25.4.